The maximum absolute atomic E-state index is 13.1. The number of aliphatic hydroxyl groups is 1. The molecule has 1 aromatic carbocycles. The van der Waals surface area contributed by atoms with E-state index in [1.165, 1.54) is 12.1 Å². The van der Waals surface area contributed by atoms with E-state index in [-0.39, 0.29) is 5.56 Å². The molecule has 90 valence electrons. The lowest BCUT2D eigenvalue weighted by Gasteiger charge is -2.20. The van der Waals surface area contributed by atoms with Crippen molar-refractivity contribution in [1.29, 1.82) is 0 Å². The zero-order valence-electron chi connectivity index (χ0n) is 9.36. The molecule has 3 nitrogen and oxygen atoms in total. The molecule has 0 aromatic heterocycles. The number of nitrogens with two attached hydrogens (primary N) is 1. The van der Waals surface area contributed by atoms with E-state index in [1.807, 2.05) is 6.92 Å². The Morgan fingerprint density at radius 1 is 1.44 bits per heavy atom. The maximum atomic E-state index is 13.1. The molecule has 1 aromatic rings. The van der Waals surface area contributed by atoms with E-state index in [0.29, 0.717) is 6.42 Å². The van der Waals surface area contributed by atoms with Gasteiger partial charge >= 0.3 is 0 Å². The highest BCUT2D eigenvalue weighted by molar-refractivity contribution is 5.36. The average Bonchev–Trinajstić information content (AvgIpc) is 2.28. The fraction of sp³-hybridized carbons (Fsp3) is 0.500. The normalized spacial score (nSPS) is 14.8. The number of rotatable bonds is 5. The number of phenolic OH excluding ortho intramolecular Hbond substituents is 1. The van der Waals surface area contributed by atoms with Crippen LogP contribution < -0.4 is 5.73 Å². The molecule has 0 spiro atoms. The summed E-state index contributed by atoms with van der Waals surface area (Å²) >= 11 is 0. The van der Waals surface area contributed by atoms with Gasteiger partial charge in [0.1, 0.15) is 0 Å². The van der Waals surface area contributed by atoms with Crippen molar-refractivity contribution in [2.24, 2.45) is 5.73 Å². The smallest absolute Gasteiger partial charge is 0.165 e. The van der Waals surface area contributed by atoms with Gasteiger partial charge in [0.2, 0.25) is 0 Å². The molecule has 4 heteroatoms. The minimum Gasteiger partial charge on any atom is -0.505 e. The number of unbranched alkanes of at least 4 members (excludes halogenated alkanes) is 1. The molecule has 0 amide bonds. The molecule has 16 heavy (non-hydrogen) atoms. The second-order valence-electron chi connectivity index (χ2n) is 3.91. The molecule has 0 unspecified atom stereocenters. The number of benzene rings is 1. The van der Waals surface area contributed by atoms with Gasteiger partial charge in [-0.25, -0.2) is 4.39 Å². The largest absolute Gasteiger partial charge is 0.505 e. The SMILES string of the molecule is CCCC[C@@H](O)[C@@H](N)c1cccc(F)c1O. The van der Waals surface area contributed by atoms with Crippen LogP contribution in [0.2, 0.25) is 0 Å². The summed E-state index contributed by atoms with van der Waals surface area (Å²) in [5, 5.41) is 19.2. The van der Waals surface area contributed by atoms with E-state index in [9.17, 15) is 14.6 Å². The molecule has 0 radical (unpaired) electrons. The summed E-state index contributed by atoms with van der Waals surface area (Å²) < 4.78 is 13.1. The number of para-hydroxylation sites is 1. The molecule has 0 heterocycles. The third-order valence-corrected chi connectivity index (χ3v) is 2.65. The van der Waals surface area contributed by atoms with Crippen LogP contribution in [0.4, 0.5) is 4.39 Å². The van der Waals surface area contributed by atoms with Gasteiger partial charge in [-0.1, -0.05) is 31.9 Å². The predicted octanol–water partition coefficient (Wildman–Crippen LogP) is 2.08. The summed E-state index contributed by atoms with van der Waals surface area (Å²) in [4.78, 5) is 0. The lowest BCUT2D eigenvalue weighted by Crippen LogP contribution is -2.26. The first kappa shape index (κ1) is 12.9. The van der Waals surface area contributed by atoms with Gasteiger partial charge in [0.15, 0.2) is 11.6 Å². The van der Waals surface area contributed by atoms with Crippen LogP contribution in [0.25, 0.3) is 0 Å². The van der Waals surface area contributed by atoms with Crippen LogP contribution in [0.3, 0.4) is 0 Å². The summed E-state index contributed by atoms with van der Waals surface area (Å²) in [6.07, 6.45) is 1.60. The van der Waals surface area contributed by atoms with Crippen molar-refractivity contribution in [2.45, 2.75) is 38.3 Å². The Morgan fingerprint density at radius 2 is 2.12 bits per heavy atom. The summed E-state index contributed by atoms with van der Waals surface area (Å²) in [6, 6.07) is 3.40. The number of phenols is 1. The Bertz CT molecular complexity index is 344. The Balaban J connectivity index is 2.79. The minimum atomic E-state index is -0.757. The number of halogens is 1. The van der Waals surface area contributed by atoms with Crippen molar-refractivity contribution < 1.29 is 14.6 Å². The zero-order chi connectivity index (χ0) is 12.1. The summed E-state index contributed by atoms with van der Waals surface area (Å²) in [5.74, 6) is -1.18. The zero-order valence-corrected chi connectivity index (χ0v) is 9.36. The standard InChI is InChI=1S/C12H18FNO2/c1-2-3-7-10(15)11(14)8-5-4-6-9(13)12(8)16/h4-6,10-11,15-16H,2-3,7,14H2,1H3/t10-,11+/m1/s1. The average molecular weight is 227 g/mol. The number of aliphatic hydroxyl groups excluding tert-OH is 1. The Hall–Kier alpha value is -1.13. The van der Waals surface area contributed by atoms with Crippen LogP contribution in [0.15, 0.2) is 18.2 Å². The second kappa shape index (κ2) is 5.82. The van der Waals surface area contributed by atoms with Gasteiger partial charge in [-0.15, -0.1) is 0 Å². The van der Waals surface area contributed by atoms with Crippen molar-refractivity contribution in [2.75, 3.05) is 0 Å². The van der Waals surface area contributed by atoms with Gasteiger partial charge in [-0.2, -0.15) is 0 Å². The lowest BCUT2D eigenvalue weighted by atomic mass is 9.97. The molecule has 4 N–H and O–H groups in total. The molecule has 0 aliphatic carbocycles. The third kappa shape index (κ3) is 2.93. The van der Waals surface area contributed by atoms with Gasteiger partial charge in [0.25, 0.3) is 0 Å². The third-order valence-electron chi connectivity index (χ3n) is 2.65. The van der Waals surface area contributed by atoms with E-state index >= 15 is 0 Å². The molecule has 0 saturated carbocycles. The van der Waals surface area contributed by atoms with Crippen molar-refractivity contribution in [3.05, 3.63) is 29.6 Å². The molecule has 0 fully saturated rings. The molecule has 2 atom stereocenters. The first-order valence-corrected chi connectivity index (χ1v) is 5.49. The van der Waals surface area contributed by atoms with Crippen molar-refractivity contribution in [3.63, 3.8) is 0 Å². The summed E-state index contributed by atoms with van der Waals surface area (Å²) in [7, 11) is 0. The van der Waals surface area contributed by atoms with Crippen LogP contribution in [-0.2, 0) is 0 Å². The molecule has 0 saturated heterocycles. The van der Waals surface area contributed by atoms with Crippen LogP contribution in [0, 0.1) is 5.82 Å². The van der Waals surface area contributed by atoms with Gasteiger partial charge in [-0.3, -0.25) is 0 Å². The van der Waals surface area contributed by atoms with E-state index in [2.05, 4.69) is 0 Å². The van der Waals surface area contributed by atoms with Gasteiger partial charge in [-0.05, 0) is 12.5 Å². The molecule has 1 rings (SSSR count). The topological polar surface area (TPSA) is 66.5 Å². The summed E-state index contributed by atoms with van der Waals surface area (Å²) in [6.45, 7) is 2.01. The monoisotopic (exact) mass is 227 g/mol. The van der Waals surface area contributed by atoms with Crippen LogP contribution in [0.5, 0.6) is 5.75 Å². The van der Waals surface area contributed by atoms with E-state index in [1.54, 1.807) is 0 Å². The summed E-state index contributed by atoms with van der Waals surface area (Å²) in [5.41, 5.74) is 6.03. The Morgan fingerprint density at radius 3 is 2.75 bits per heavy atom. The predicted molar refractivity (Wildman–Crippen MR) is 60.5 cm³/mol. The lowest BCUT2D eigenvalue weighted by molar-refractivity contribution is 0.131. The van der Waals surface area contributed by atoms with Gasteiger partial charge < -0.3 is 15.9 Å². The van der Waals surface area contributed by atoms with Crippen LogP contribution >= 0.6 is 0 Å². The van der Waals surface area contributed by atoms with Crippen molar-refractivity contribution >= 4 is 0 Å². The Labute approximate surface area is 94.7 Å². The van der Waals surface area contributed by atoms with Gasteiger partial charge in [0, 0.05) is 5.56 Å². The van der Waals surface area contributed by atoms with Gasteiger partial charge in [0.05, 0.1) is 12.1 Å². The van der Waals surface area contributed by atoms with Crippen molar-refractivity contribution in [1.82, 2.24) is 0 Å². The second-order valence-corrected chi connectivity index (χ2v) is 3.91. The number of hydrogen-bond acceptors (Lipinski definition) is 3. The first-order valence-electron chi connectivity index (χ1n) is 5.49. The van der Waals surface area contributed by atoms with Crippen LogP contribution in [0.1, 0.15) is 37.8 Å². The minimum absolute atomic E-state index is 0.253. The fourth-order valence-corrected chi connectivity index (χ4v) is 1.60. The van der Waals surface area contributed by atoms with Crippen LogP contribution in [-0.4, -0.2) is 16.3 Å². The van der Waals surface area contributed by atoms with E-state index in [4.69, 9.17) is 5.73 Å². The molecule has 0 bridgehead atoms. The molecular formula is C12H18FNO2. The quantitative estimate of drug-likeness (QED) is 0.721. The molecular weight excluding hydrogens is 209 g/mol. The molecule has 0 aliphatic rings. The van der Waals surface area contributed by atoms with E-state index in [0.717, 1.165) is 18.9 Å². The Kier molecular flexibility index (Phi) is 4.71. The van der Waals surface area contributed by atoms with Crippen molar-refractivity contribution in [3.8, 4) is 5.75 Å². The number of hydrogen-bond donors (Lipinski definition) is 3. The highest BCUT2D eigenvalue weighted by atomic mass is 19.1. The fourth-order valence-electron chi connectivity index (χ4n) is 1.60. The molecule has 0 aliphatic heterocycles. The number of aromatic hydroxyl groups is 1. The highest BCUT2D eigenvalue weighted by Crippen LogP contribution is 2.28. The maximum Gasteiger partial charge on any atom is 0.165 e. The highest BCUT2D eigenvalue weighted by Gasteiger charge is 2.20. The first-order chi connectivity index (χ1) is 7.57. The van der Waals surface area contributed by atoms with E-state index < -0.39 is 23.7 Å².